The fourth-order valence-corrected chi connectivity index (χ4v) is 1.93. The lowest BCUT2D eigenvalue weighted by Crippen LogP contribution is -2.22. The Labute approximate surface area is 96.7 Å². The molecule has 4 heteroatoms. The molecule has 0 aliphatic carbocycles. The Morgan fingerprint density at radius 1 is 1.25 bits per heavy atom. The first kappa shape index (κ1) is 10.8. The van der Waals surface area contributed by atoms with Crippen molar-refractivity contribution in [3.8, 4) is 0 Å². The number of carbonyl (C=O) groups is 1. The van der Waals surface area contributed by atoms with Crippen LogP contribution in [0.5, 0.6) is 0 Å². The Hall–Kier alpha value is -1.68. The summed E-state index contributed by atoms with van der Waals surface area (Å²) in [5.41, 5.74) is 0.470. The maximum absolute atomic E-state index is 12.6. The molecule has 0 saturated heterocycles. The number of rotatable bonds is 3. The molecule has 0 fully saturated rings. The van der Waals surface area contributed by atoms with Crippen LogP contribution in [0.1, 0.15) is 15.2 Å². The summed E-state index contributed by atoms with van der Waals surface area (Å²) in [6, 6.07) is 9.39. The van der Waals surface area contributed by atoms with Crippen LogP contribution in [0.25, 0.3) is 0 Å². The van der Waals surface area contributed by atoms with Crippen LogP contribution in [0.2, 0.25) is 0 Å². The van der Waals surface area contributed by atoms with Crippen molar-refractivity contribution in [2.75, 3.05) is 0 Å². The summed E-state index contributed by atoms with van der Waals surface area (Å²) in [4.78, 5) is 12.7. The second-order valence-corrected chi connectivity index (χ2v) is 4.30. The molecule has 2 aromatic rings. The van der Waals surface area contributed by atoms with Gasteiger partial charge in [-0.3, -0.25) is 4.79 Å². The molecule has 1 amide bonds. The number of carbonyl (C=O) groups excluding carboxylic acids is 1. The maximum atomic E-state index is 12.6. The number of thiophene rings is 1. The topological polar surface area (TPSA) is 29.1 Å². The minimum atomic E-state index is -0.338. The fourth-order valence-electron chi connectivity index (χ4n) is 1.28. The zero-order chi connectivity index (χ0) is 11.4. The van der Waals surface area contributed by atoms with Crippen LogP contribution in [0.4, 0.5) is 4.39 Å². The fraction of sp³-hybridized carbons (Fsp3) is 0.0833. The average Bonchev–Trinajstić information content (AvgIpc) is 2.80. The Morgan fingerprint density at radius 3 is 2.62 bits per heavy atom. The second-order valence-electron chi connectivity index (χ2n) is 3.27. The van der Waals surface area contributed by atoms with Crippen LogP contribution < -0.4 is 5.32 Å². The van der Waals surface area contributed by atoms with E-state index in [0.29, 0.717) is 12.1 Å². The zero-order valence-corrected chi connectivity index (χ0v) is 9.26. The summed E-state index contributed by atoms with van der Waals surface area (Å²) < 4.78 is 12.6. The monoisotopic (exact) mass is 235 g/mol. The minimum absolute atomic E-state index is 0.187. The van der Waals surface area contributed by atoms with Crippen LogP contribution in [0.3, 0.4) is 0 Å². The van der Waals surface area contributed by atoms with Gasteiger partial charge in [0, 0.05) is 10.4 Å². The van der Waals surface area contributed by atoms with Crippen LogP contribution in [-0.4, -0.2) is 5.91 Å². The lowest BCUT2D eigenvalue weighted by molar-refractivity contribution is 0.0951. The Bertz CT molecular complexity index is 464. The predicted octanol–water partition coefficient (Wildman–Crippen LogP) is 2.82. The van der Waals surface area contributed by atoms with E-state index in [9.17, 15) is 9.18 Å². The third kappa shape index (κ3) is 2.67. The van der Waals surface area contributed by atoms with E-state index in [4.69, 9.17) is 0 Å². The third-order valence-corrected chi connectivity index (χ3v) is 2.99. The summed E-state index contributed by atoms with van der Waals surface area (Å²) in [5, 5.41) is 4.73. The quantitative estimate of drug-likeness (QED) is 0.870. The SMILES string of the molecule is O=C(NCc1cccs1)c1ccc(F)cc1. The lowest BCUT2D eigenvalue weighted by Gasteiger charge is -2.03. The van der Waals surface area contributed by atoms with E-state index in [0.717, 1.165) is 4.88 Å². The molecule has 82 valence electrons. The molecule has 0 radical (unpaired) electrons. The normalized spacial score (nSPS) is 10.1. The van der Waals surface area contributed by atoms with Crippen LogP contribution in [0, 0.1) is 5.82 Å². The number of amides is 1. The van der Waals surface area contributed by atoms with Crippen LogP contribution in [-0.2, 0) is 6.54 Å². The van der Waals surface area contributed by atoms with Crippen molar-refractivity contribution in [1.29, 1.82) is 0 Å². The van der Waals surface area contributed by atoms with Gasteiger partial charge in [-0.15, -0.1) is 11.3 Å². The van der Waals surface area contributed by atoms with Gasteiger partial charge in [-0.05, 0) is 35.7 Å². The van der Waals surface area contributed by atoms with E-state index in [1.165, 1.54) is 24.3 Å². The van der Waals surface area contributed by atoms with Crippen molar-refractivity contribution in [1.82, 2.24) is 5.32 Å². The summed E-state index contributed by atoms with van der Waals surface area (Å²) in [6.45, 7) is 0.508. The van der Waals surface area contributed by atoms with E-state index >= 15 is 0 Å². The molecule has 0 aliphatic rings. The first-order valence-electron chi connectivity index (χ1n) is 4.82. The van der Waals surface area contributed by atoms with Crippen molar-refractivity contribution in [3.05, 3.63) is 58.0 Å². The molecule has 0 atom stereocenters. The predicted molar refractivity (Wildman–Crippen MR) is 61.9 cm³/mol. The maximum Gasteiger partial charge on any atom is 0.251 e. The van der Waals surface area contributed by atoms with Gasteiger partial charge in [0.15, 0.2) is 0 Å². The molecule has 2 nitrogen and oxygen atoms in total. The van der Waals surface area contributed by atoms with Gasteiger partial charge in [0.25, 0.3) is 5.91 Å². The molecule has 2 rings (SSSR count). The van der Waals surface area contributed by atoms with Gasteiger partial charge in [-0.1, -0.05) is 6.07 Å². The van der Waals surface area contributed by atoms with E-state index in [1.54, 1.807) is 11.3 Å². The number of halogens is 1. The van der Waals surface area contributed by atoms with Gasteiger partial charge in [-0.25, -0.2) is 4.39 Å². The highest BCUT2D eigenvalue weighted by Gasteiger charge is 2.04. The Kier molecular flexibility index (Phi) is 3.31. The molecule has 1 aromatic heterocycles. The molecule has 0 aliphatic heterocycles. The van der Waals surface area contributed by atoms with Gasteiger partial charge < -0.3 is 5.32 Å². The van der Waals surface area contributed by atoms with Crippen LogP contribution >= 0.6 is 11.3 Å². The molecule has 1 heterocycles. The summed E-state index contributed by atoms with van der Waals surface area (Å²) in [5.74, 6) is -0.525. The van der Waals surface area contributed by atoms with Crippen LogP contribution in [0.15, 0.2) is 41.8 Å². The minimum Gasteiger partial charge on any atom is -0.347 e. The number of benzene rings is 1. The lowest BCUT2D eigenvalue weighted by atomic mass is 10.2. The molecule has 16 heavy (non-hydrogen) atoms. The van der Waals surface area contributed by atoms with E-state index in [-0.39, 0.29) is 11.7 Å². The molecule has 0 spiro atoms. The van der Waals surface area contributed by atoms with E-state index in [1.807, 2.05) is 17.5 Å². The average molecular weight is 235 g/mol. The Balaban J connectivity index is 1.95. The molecule has 0 saturated carbocycles. The van der Waals surface area contributed by atoms with Crippen molar-refractivity contribution < 1.29 is 9.18 Å². The number of hydrogen-bond donors (Lipinski definition) is 1. The largest absolute Gasteiger partial charge is 0.347 e. The smallest absolute Gasteiger partial charge is 0.251 e. The molecule has 1 N–H and O–H groups in total. The molecule has 0 unspecified atom stereocenters. The molecular weight excluding hydrogens is 225 g/mol. The van der Waals surface area contributed by atoms with E-state index in [2.05, 4.69) is 5.32 Å². The second kappa shape index (κ2) is 4.90. The first-order chi connectivity index (χ1) is 7.75. The van der Waals surface area contributed by atoms with Crippen molar-refractivity contribution in [3.63, 3.8) is 0 Å². The molecular formula is C12H10FNOS. The highest BCUT2D eigenvalue weighted by molar-refractivity contribution is 7.09. The summed E-state index contributed by atoms with van der Waals surface area (Å²) in [6.07, 6.45) is 0. The van der Waals surface area contributed by atoms with E-state index < -0.39 is 0 Å². The highest BCUT2D eigenvalue weighted by atomic mass is 32.1. The van der Waals surface area contributed by atoms with Gasteiger partial charge in [0.1, 0.15) is 5.82 Å². The van der Waals surface area contributed by atoms with Gasteiger partial charge in [0.05, 0.1) is 6.54 Å². The van der Waals surface area contributed by atoms with Crippen molar-refractivity contribution >= 4 is 17.2 Å². The van der Waals surface area contributed by atoms with Gasteiger partial charge in [-0.2, -0.15) is 0 Å². The zero-order valence-electron chi connectivity index (χ0n) is 8.44. The summed E-state index contributed by atoms with van der Waals surface area (Å²) >= 11 is 1.59. The molecule has 0 bridgehead atoms. The van der Waals surface area contributed by atoms with Crippen molar-refractivity contribution in [2.45, 2.75) is 6.54 Å². The number of hydrogen-bond acceptors (Lipinski definition) is 2. The first-order valence-corrected chi connectivity index (χ1v) is 5.70. The van der Waals surface area contributed by atoms with Gasteiger partial charge in [0.2, 0.25) is 0 Å². The van der Waals surface area contributed by atoms with Gasteiger partial charge >= 0.3 is 0 Å². The molecule has 1 aromatic carbocycles. The standard InChI is InChI=1S/C12H10FNOS/c13-10-5-3-9(4-6-10)12(15)14-8-11-2-1-7-16-11/h1-7H,8H2,(H,14,15). The Morgan fingerprint density at radius 2 is 2.00 bits per heavy atom. The highest BCUT2D eigenvalue weighted by Crippen LogP contribution is 2.08. The number of nitrogens with one attached hydrogen (secondary N) is 1. The summed E-state index contributed by atoms with van der Waals surface area (Å²) in [7, 11) is 0. The van der Waals surface area contributed by atoms with Crippen molar-refractivity contribution in [2.24, 2.45) is 0 Å². The third-order valence-electron chi connectivity index (χ3n) is 2.11.